The van der Waals surface area contributed by atoms with E-state index < -0.39 is 15.4 Å². The van der Waals surface area contributed by atoms with Crippen LogP contribution in [0.25, 0.3) is 0 Å². The quantitative estimate of drug-likeness (QED) is 0.780. The third kappa shape index (κ3) is 6.07. The van der Waals surface area contributed by atoms with E-state index >= 15 is 0 Å². The van der Waals surface area contributed by atoms with E-state index in [2.05, 4.69) is 0 Å². The van der Waals surface area contributed by atoms with Gasteiger partial charge in [-0.1, -0.05) is 12.1 Å². The minimum absolute atomic E-state index is 0.0310. The molecule has 0 spiro atoms. The van der Waals surface area contributed by atoms with Gasteiger partial charge in [-0.05, 0) is 62.2 Å². The zero-order valence-corrected chi connectivity index (χ0v) is 15.5. The number of rotatable bonds is 8. The molecular formula is C19H24O5S. The molecule has 0 aliphatic heterocycles. The van der Waals surface area contributed by atoms with E-state index in [1.807, 2.05) is 12.1 Å². The summed E-state index contributed by atoms with van der Waals surface area (Å²) < 4.78 is 35.3. The number of sulfone groups is 1. The number of aryl methyl sites for hydroxylation is 1. The van der Waals surface area contributed by atoms with Crippen LogP contribution in [-0.4, -0.2) is 38.6 Å². The molecule has 2 aromatic carbocycles. The van der Waals surface area contributed by atoms with Crippen molar-refractivity contribution in [3.05, 3.63) is 54.1 Å². The maximum absolute atomic E-state index is 12.4. The molecule has 0 saturated carbocycles. The van der Waals surface area contributed by atoms with Crippen LogP contribution in [0.4, 0.5) is 0 Å². The van der Waals surface area contributed by atoms with Crippen molar-refractivity contribution in [2.75, 3.05) is 19.5 Å². The number of ether oxygens (including phenoxy) is 2. The lowest BCUT2D eigenvalue weighted by Crippen LogP contribution is -2.27. The van der Waals surface area contributed by atoms with Crippen LogP contribution in [0.5, 0.6) is 11.5 Å². The molecule has 2 rings (SSSR count). The van der Waals surface area contributed by atoms with Crippen LogP contribution >= 0.6 is 0 Å². The number of benzene rings is 2. The minimum Gasteiger partial charge on any atom is -0.497 e. The summed E-state index contributed by atoms with van der Waals surface area (Å²) in [5.74, 6) is 1.30. The van der Waals surface area contributed by atoms with Gasteiger partial charge in [0, 0.05) is 0 Å². The molecule has 0 saturated heterocycles. The van der Waals surface area contributed by atoms with Gasteiger partial charge in [0.25, 0.3) is 0 Å². The molecular weight excluding hydrogens is 340 g/mol. The molecule has 2 aromatic rings. The van der Waals surface area contributed by atoms with Crippen molar-refractivity contribution in [3.63, 3.8) is 0 Å². The minimum atomic E-state index is -3.34. The Morgan fingerprint density at radius 1 is 0.960 bits per heavy atom. The van der Waals surface area contributed by atoms with Crippen molar-refractivity contribution < 1.29 is 23.0 Å². The van der Waals surface area contributed by atoms with E-state index in [-0.39, 0.29) is 12.4 Å². The van der Waals surface area contributed by atoms with Gasteiger partial charge in [-0.25, -0.2) is 8.42 Å². The molecule has 0 unspecified atom stereocenters. The average Bonchev–Trinajstić information content (AvgIpc) is 2.58. The molecule has 25 heavy (non-hydrogen) atoms. The number of hydrogen-bond acceptors (Lipinski definition) is 5. The fourth-order valence-electron chi connectivity index (χ4n) is 2.17. The highest BCUT2D eigenvalue weighted by Gasteiger charge is 2.15. The first kappa shape index (κ1) is 19.3. The zero-order chi connectivity index (χ0) is 18.5. The summed E-state index contributed by atoms with van der Waals surface area (Å²) in [6.07, 6.45) is 0.417. The van der Waals surface area contributed by atoms with Crippen molar-refractivity contribution in [1.82, 2.24) is 0 Å². The first-order valence-corrected chi connectivity index (χ1v) is 9.66. The van der Waals surface area contributed by atoms with Crippen molar-refractivity contribution in [1.29, 1.82) is 0 Å². The molecule has 136 valence electrons. The molecule has 0 atom stereocenters. The fourth-order valence-corrected chi connectivity index (χ4v) is 3.46. The van der Waals surface area contributed by atoms with E-state index in [1.54, 1.807) is 57.4 Å². The van der Waals surface area contributed by atoms with Gasteiger partial charge < -0.3 is 14.6 Å². The topological polar surface area (TPSA) is 72.8 Å². The van der Waals surface area contributed by atoms with Crippen molar-refractivity contribution >= 4 is 9.84 Å². The molecule has 0 aromatic heterocycles. The predicted molar refractivity (Wildman–Crippen MR) is 97.0 cm³/mol. The standard InChI is InChI=1S/C19H24O5S/c1-19(2,20)14-24-17-6-4-15(5-7-17)12-13-25(21,22)18-10-8-16(23-3)9-11-18/h4-11,20H,12-14H2,1-3H3. The Labute approximate surface area is 149 Å². The van der Waals surface area contributed by atoms with E-state index in [9.17, 15) is 13.5 Å². The van der Waals surface area contributed by atoms with Crippen LogP contribution in [0.3, 0.4) is 0 Å². The summed E-state index contributed by atoms with van der Waals surface area (Å²) in [5, 5.41) is 9.65. The zero-order valence-electron chi connectivity index (χ0n) is 14.7. The Balaban J connectivity index is 1.95. The van der Waals surface area contributed by atoms with Gasteiger partial charge in [0.05, 0.1) is 23.4 Å². The van der Waals surface area contributed by atoms with Gasteiger partial charge >= 0.3 is 0 Å². The van der Waals surface area contributed by atoms with Gasteiger partial charge in [-0.15, -0.1) is 0 Å². The molecule has 0 radical (unpaired) electrons. The molecule has 1 N–H and O–H groups in total. The van der Waals surface area contributed by atoms with Crippen molar-refractivity contribution in [3.8, 4) is 11.5 Å². The predicted octanol–water partition coefficient (Wildman–Crippen LogP) is 2.86. The lowest BCUT2D eigenvalue weighted by Gasteiger charge is -2.17. The lowest BCUT2D eigenvalue weighted by molar-refractivity contribution is 0.0285. The van der Waals surface area contributed by atoms with Crippen molar-refractivity contribution in [2.45, 2.75) is 30.8 Å². The SMILES string of the molecule is COc1ccc(S(=O)(=O)CCc2ccc(OCC(C)(C)O)cc2)cc1. The van der Waals surface area contributed by atoms with Gasteiger partial charge in [-0.2, -0.15) is 0 Å². The van der Waals surface area contributed by atoms with Crippen LogP contribution < -0.4 is 9.47 Å². The second-order valence-electron chi connectivity index (χ2n) is 6.49. The molecule has 0 fully saturated rings. The van der Waals surface area contributed by atoms with Gasteiger partial charge in [-0.3, -0.25) is 0 Å². The number of hydrogen-bond donors (Lipinski definition) is 1. The summed E-state index contributed by atoms with van der Waals surface area (Å²) in [6.45, 7) is 3.54. The highest BCUT2D eigenvalue weighted by atomic mass is 32.2. The molecule has 0 aliphatic rings. The van der Waals surface area contributed by atoms with Crippen LogP contribution in [0, 0.1) is 0 Å². The second-order valence-corrected chi connectivity index (χ2v) is 8.60. The fraction of sp³-hybridized carbons (Fsp3) is 0.368. The highest BCUT2D eigenvalue weighted by Crippen LogP contribution is 2.19. The third-order valence-corrected chi connectivity index (χ3v) is 5.33. The van der Waals surface area contributed by atoms with E-state index in [0.29, 0.717) is 22.8 Å². The first-order chi connectivity index (χ1) is 11.7. The molecule has 0 aliphatic carbocycles. The largest absolute Gasteiger partial charge is 0.497 e. The monoisotopic (exact) mass is 364 g/mol. The average molecular weight is 364 g/mol. The smallest absolute Gasteiger partial charge is 0.178 e. The Kier molecular flexibility index (Phi) is 6.08. The summed E-state index contributed by atoms with van der Waals surface area (Å²) >= 11 is 0. The number of methoxy groups -OCH3 is 1. The van der Waals surface area contributed by atoms with Crippen LogP contribution in [0.2, 0.25) is 0 Å². The van der Waals surface area contributed by atoms with Crippen LogP contribution in [-0.2, 0) is 16.3 Å². The summed E-state index contributed by atoms with van der Waals surface area (Å²) in [6, 6.07) is 13.6. The molecule has 0 amide bonds. The van der Waals surface area contributed by atoms with Gasteiger partial charge in [0.1, 0.15) is 18.1 Å². The normalized spacial score (nSPS) is 12.0. The summed E-state index contributed by atoms with van der Waals surface area (Å²) in [5.41, 5.74) is 0.0122. The van der Waals surface area contributed by atoms with Crippen LogP contribution in [0.15, 0.2) is 53.4 Å². The molecule has 5 nitrogen and oxygen atoms in total. The van der Waals surface area contributed by atoms with E-state index in [0.717, 1.165) is 5.56 Å². The number of aliphatic hydroxyl groups is 1. The Morgan fingerprint density at radius 2 is 1.52 bits per heavy atom. The van der Waals surface area contributed by atoms with Crippen molar-refractivity contribution in [2.24, 2.45) is 0 Å². The Bertz CT molecular complexity index is 772. The molecule has 0 heterocycles. The second kappa shape index (κ2) is 7.89. The maximum Gasteiger partial charge on any atom is 0.178 e. The molecule has 0 bridgehead atoms. The Morgan fingerprint density at radius 3 is 2.04 bits per heavy atom. The van der Waals surface area contributed by atoms with Crippen LogP contribution in [0.1, 0.15) is 19.4 Å². The lowest BCUT2D eigenvalue weighted by atomic mass is 10.1. The summed E-state index contributed by atoms with van der Waals surface area (Å²) in [4.78, 5) is 0.290. The maximum atomic E-state index is 12.4. The van der Waals surface area contributed by atoms with Gasteiger partial charge in [0.2, 0.25) is 0 Å². The van der Waals surface area contributed by atoms with E-state index in [1.165, 1.54) is 0 Å². The first-order valence-electron chi connectivity index (χ1n) is 8.00. The Hall–Kier alpha value is -2.05. The molecule has 6 heteroatoms. The summed E-state index contributed by atoms with van der Waals surface area (Å²) in [7, 11) is -1.80. The van der Waals surface area contributed by atoms with E-state index in [4.69, 9.17) is 9.47 Å². The van der Waals surface area contributed by atoms with Gasteiger partial charge in [0.15, 0.2) is 9.84 Å². The third-order valence-electron chi connectivity index (χ3n) is 3.59. The highest BCUT2D eigenvalue weighted by molar-refractivity contribution is 7.91.